The highest BCUT2D eigenvalue weighted by Gasteiger charge is 2.34. The quantitative estimate of drug-likeness (QED) is 0.670. The van der Waals surface area contributed by atoms with E-state index in [1.807, 2.05) is 0 Å². The lowest BCUT2D eigenvalue weighted by Gasteiger charge is -2.43. The minimum Gasteiger partial charge on any atom is -0.309 e. The van der Waals surface area contributed by atoms with Crippen molar-refractivity contribution in [3.8, 4) is 0 Å². The molecule has 0 heterocycles. The van der Waals surface area contributed by atoms with Gasteiger partial charge >= 0.3 is 0 Å². The largest absolute Gasteiger partial charge is 0.309 e. The minimum atomic E-state index is 0.290. The van der Waals surface area contributed by atoms with Crippen molar-refractivity contribution in [2.24, 2.45) is 11.8 Å². The van der Waals surface area contributed by atoms with Crippen LogP contribution in [0.4, 0.5) is 0 Å². The Morgan fingerprint density at radius 2 is 1.75 bits per heavy atom. The first-order valence-electron chi connectivity index (χ1n) is 5.18. The molecule has 1 fully saturated rings. The molecule has 0 saturated heterocycles. The van der Waals surface area contributed by atoms with Crippen molar-refractivity contribution in [1.29, 1.82) is 0 Å². The topological polar surface area (TPSA) is 12.0 Å². The molecule has 12 heavy (non-hydrogen) atoms. The van der Waals surface area contributed by atoms with E-state index in [4.69, 9.17) is 0 Å². The maximum absolute atomic E-state index is 3.69. The van der Waals surface area contributed by atoms with Crippen LogP contribution in [0.5, 0.6) is 0 Å². The van der Waals surface area contributed by atoms with Crippen molar-refractivity contribution in [3.05, 3.63) is 0 Å². The Kier molecular flexibility index (Phi) is 2.82. The monoisotopic (exact) mass is 169 g/mol. The van der Waals surface area contributed by atoms with Gasteiger partial charge in [0, 0.05) is 11.6 Å². The van der Waals surface area contributed by atoms with Gasteiger partial charge in [0.15, 0.2) is 0 Å². The van der Waals surface area contributed by atoms with Gasteiger partial charge in [-0.1, -0.05) is 13.8 Å². The summed E-state index contributed by atoms with van der Waals surface area (Å²) in [5, 5.41) is 3.69. The highest BCUT2D eigenvalue weighted by Crippen LogP contribution is 2.34. The maximum Gasteiger partial charge on any atom is 0.0103 e. The molecule has 0 bridgehead atoms. The van der Waals surface area contributed by atoms with Gasteiger partial charge in [-0.05, 0) is 45.4 Å². The molecule has 0 aromatic heterocycles. The molecule has 1 rings (SSSR count). The lowest BCUT2D eigenvalue weighted by molar-refractivity contribution is 0.128. The number of hydrogen-bond acceptors (Lipinski definition) is 1. The van der Waals surface area contributed by atoms with Gasteiger partial charge in [0.05, 0.1) is 0 Å². The molecule has 72 valence electrons. The van der Waals surface area contributed by atoms with E-state index in [-0.39, 0.29) is 5.54 Å². The summed E-state index contributed by atoms with van der Waals surface area (Å²) in [4.78, 5) is 0. The van der Waals surface area contributed by atoms with Gasteiger partial charge in [0.25, 0.3) is 0 Å². The zero-order valence-corrected chi connectivity index (χ0v) is 9.15. The van der Waals surface area contributed by atoms with Crippen LogP contribution in [0.2, 0.25) is 0 Å². The summed E-state index contributed by atoms with van der Waals surface area (Å²) in [6, 6.07) is 0.782. The van der Waals surface area contributed by atoms with Crippen LogP contribution in [0.1, 0.15) is 47.5 Å². The van der Waals surface area contributed by atoms with Crippen molar-refractivity contribution in [2.75, 3.05) is 0 Å². The SMILES string of the molecule is CC(C)C1CCC1NC(C)(C)C. The van der Waals surface area contributed by atoms with E-state index in [1.54, 1.807) is 0 Å². The third kappa shape index (κ3) is 2.48. The molecular weight excluding hydrogens is 146 g/mol. The standard InChI is InChI=1S/C11H23N/c1-8(2)9-6-7-10(9)12-11(3,4)5/h8-10,12H,6-7H2,1-5H3. The van der Waals surface area contributed by atoms with Gasteiger partial charge in [-0.2, -0.15) is 0 Å². The Labute approximate surface area is 76.9 Å². The third-order valence-electron chi connectivity index (χ3n) is 2.80. The van der Waals surface area contributed by atoms with E-state index in [2.05, 4.69) is 39.9 Å². The average Bonchev–Trinajstić information content (AvgIpc) is 1.77. The smallest absolute Gasteiger partial charge is 0.0103 e. The fourth-order valence-corrected chi connectivity index (χ4v) is 2.06. The third-order valence-corrected chi connectivity index (χ3v) is 2.80. The van der Waals surface area contributed by atoms with Crippen molar-refractivity contribution in [2.45, 2.75) is 59.0 Å². The molecule has 1 saturated carbocycles. The maximum atomic E-state index is 3.69. The Balaban J connectivity index is 2.35. The molecule has 2 atom stereocenters. The van der Waals surface area contributed by atoms with Gasteiger partial charge in [-0.25, -0.2) is 0 Å². The van der Waals surface area contributed by atoms with Gasteiger partial charge in [-0.15, -0.1) is 0 Å². The molecular formula is C11H23N. The Hall–Kier alpha value is -0.0400. The second-order valence-electron chi connectivity index (χ2n) is 5.49. The molecule has 1 nitrogen and oxygen atoms in total. The van der Waals surface area contributed by atoms with Crippen LogP contribution < -0.4 is 5.32 Å². The normalized spacial score (nSPS) is 30.5. The number of hydrogen-bond donors (Lipinski definition) is 1. The van der Waals surface area contributed by atoms with Crippen LogP contribution in [0, 0.1) is 11.8 Å². The van der Waals surface area contributed by atoms with E-state index in [0.29, 0.717) is 0 Å². The predicted octanol–water partition coefficient (Wildman–Crippen LogP) is 2.81. The van der Waals surface area contributed by atoms with Crippen LogP contribution in [0.15, 0.2) is 0 Å². The highest BCUT2D eigenvalue weighted by atomic mass is 15.0. The molecule has 1 heteroatoms. The first kappa shape index (κ1) is 10.0. The van der Waals surface area contributed by atoms with Gasteiger partial charge in [0.2, 0.25) is 0 Å². The Bertz CT molecular complexity index is 144. The van der Waals surface area contributed by atoms with Crippen LogP contribution in [-0.4, -0.2) is 11.6 Å². The first-order chi connectivity index (χ1) is 5.40. The molecule has 0 aromatic carbocycles. The molecule has 1 aliphatic carbocycles. The van der Waals surface area contributed by atoms with Crippen LogP contribution in [0.3, 0.4) is 0 Å². The summed E-state index contributed by atoms with van der Waals surface area (Å²) in [5.41, 5.74) is 0.290. The average molecular weight is 169 g/mol. The first-order valence-corrected chi connectivity index (χ1v) is 5.18. The fourth-order valence-electron chi connectivity index (χ4n) is 2.06. The zero-order chi connectivity index (χ0) is 9.35. The summed E-state index contributed by atoms with van der Waals surface area (Å²) in [6.45, 7) is 11.4. The predicted molar refractivity (Wildman–Crippen MR) is 54.2 cm³/mol. The molecule has 0 aliphatic heterocycles. The second kappa shape index (κ2) is 3.37. The lowest BCUT2D eigenvalue weighted by Crippen LogP contribution is -2.53. The van der Waals surface area contributed by atoms with Crippen LogP contribution >= 0.6 is 0 Å². The molecule has 2 unspecified atom stereocenters. The fraction of sp³-hybridized carbons (Fsp3) is 1.00. The molecule has 0 aromatic rings. The molecule has 0 spiro atoms. The highest BCUT2D eigenvalue weighted by molar-refractivity contribution is 4.91. The van der Waals surface area contributed by atoms with Crippen molar-refractivity contribution >= 4 is 0 Å². The summed E-state index contributed by atoms with van der Waals surface area (Å²) >= 11 is 0. The van der Waals surface area contributed by atoms with E-state index in [9.17, 15) is 0 Å². The van der Waals surface area contributed by atoms with Crippen molar-refractivity contribution in [3.63, 3.8) is 0 Å². The summed E-state index contributed by atoms with van der Waals surface area (Å²) in [6.07, 6.45) is 2.80. The zero-order valence-electron chi connectivity index (χ0n) is 9.15. The minimum absolute atomic E-state index is 0.290. The van der Waals surface area contributed by atoms with Crippen molar-refractivity contribution < 1.29 is 0 Å². The van der Waals surface area contributed by atoms with Gasteiger partial charge in [0.1, 0.15) is 0 Å². The van der Waals surface area contributed by atoms with Crippen LogP contribution in [-0.2, 0) is 0 Å². The summed E-state index contributed by atoms with van der Waals surface area (Å²) < 4.78 is 0. The van der Waals surface area contributed by atoms with E-state index < -0.39 is 0 Å². The summed E-state index contributed by atoms with van der Waals surface area (Å²) in [5.74, 6) is 1.77. The Morgan fingerprint density at radius 3 is 2.00 bits per heavy atom. The number of nitrogens with one attached hydrogen (secondary N) is 1. The van der Waals surface area contributed by atoms with Gasteiger partial charge in [-0.3, -0.25) is 0 Å². The number of rotatable bonds is 2. The molecule has 0 radical (unpaired) electrons. The van der Waals surface area contributed by atoms with Crippen LogP contribution in [0.25, 0.3) is 0 Å². The van der Waals surface area contributed by atoms with Crippen molar-refractivity contribution in [1.82, 2.24) is 5.32 Å². The molecule has 0 amide bonds. The summed E-state index contributed by atoms with van der Waals surface area (Å²) in [7, 11) is 0. The Morgan fingerprint density at radius 1 is 1.17 bits per heavy atom. The molecule has 1 N–H and O–H groups in total. The lowest BCUT2D eigenvalue weighted by atomic mass is 9.72. The second-order valence-corrected chi connectivity index (χ2v) is 5.49. The molecule has 1 aliphatic rings. The van der Waals surface area contributed by atoms with Gasteiger partial charge < -0.3 is 5.32 Å². The van der Waals surface area contributed by atoms with E-state index >= 15 is 0 Å². The van der Waals surface area contributed by atoms with E-state index in [1.165, 1.54) is 12.8 Å². The van der Waals surface area contributed by atoms with E-state index in [0.717, 1.165) is 17.9 Å².